The van der Waals surface area contributed by atoms with Crippen molar-refractivity contribution >= 4 is 50.7 Å². The van der Waals surface area contributed by atoms with Crippen molar-refractivity contribution in [3.63, 3.8) is 0 Å². The third-order valence-corrected chi connectivity index (χ3v) is 6.84. The number of carbonyl (C=O) groups is 1. The summed E-state index contributed by atoms with van der Waals surface area (Å²) in [6.07, 6.45) is 2.55. The van der Waals surface area contributed by atoms with Gasteiger partial charge in [-0.15, -0.1) is 0 Å². The van der Waals surface area contributed by atoms with Crippen LogP contribution in [0.25, 0.3) is 17.0 Å². The van der Waals surface area contributed by atoms with Gasteiger partial charge in [0.15, 0.2) is 5.84 Å². The maximum Gasteiger partial charge on any atom is 0.283 e. The molecule has 5 rings (SSSR count). The number of carbonyl (C=O) groups excluding carboxylic acids is 1. The monoisotopic (exact) mass is 441 g/mol. The highest BCUT2D eigenvalue weighted by atomic mass is 32.2. The lowest BCUT2D eigenvalue weighted by atomic mass is 10.1. The smallest absolute Gasteiger partial charge is 0.283 e. The lowest BCUT2D eigenvalue weighted by Crippen LogP contribution is -2.35. The molecule has 3 aromatic rings. The highest BCUT2D eigenvalue weighted by Gasteiger charge is 2.35. The fourth-order valence-electron chi connectivity index (χ4n) is 4.16. The van der Waals surface area contributed by atoms with Crippen LogP contribution in [0, 0.1) is 19.3 Å². The van der Waals surface area contributed by atoms with Gasteiger partial charge < -0.3 is 4.57 Å². The second-order valence-corrected chi connectivity index (χ2v) is 9.00. The molecule has 1 N–H and O–H groups in total. The number of amides is 1. The van der Waals surface area contributed by atoms with E-state index in [2.05, 4.69) is 64.9 Å². The number of fused-ring (bicyclic) bond motifs is 2. The number of nitrogens with zero attached hydrogens (tertiary/aromatic N) is 4. The van der Waals surface area contributed by atoms with E-state index in [1.54, 1.807) is 6.08 Å². The fourth-order valence-corrected chi connectivity index (χ4v) is 4.98. The SMILES string of the molecule is CCC1=NN2C(=N)C(=Cc3c(C)n(Cc4cccc(C)c4)c4ccccc34)C(=O)N=C2S1. The van der Waals surface area contributed by atoms with E-state index in [1.165, 1.54) is 27.9 Å². The molecule has 6 nitrogen and oxygen atoms in total. The van der Waals surface area contributed by atoms with E-state index in [0.717, 1.165) is 40.2 Å². The molecule has 0 radical (unpaired) electrons. The molecule has 32 heavy (non-hydrogen) atoms. The first-order chi connectivity index (χ1) is 15.5. The summed E-state index contributed by atoms with van der Waals surface area (Å²) in [5.74, 6) is -0.318. The van der Waals surface area contributed by atoms with Crippen LogP contribution in [0.15, 0.2) is 64.2 Å². The molecule has 0 saturated heterocycles. The number of hydrogen-bond acceptors (Lipinski definition) is 4. The Balaban J connectivity index is 1.62. The lowest BCUT2D eigenvalue weighted by molar-refractivity contribution is -0.114. The van der Waals surface area contributed by atoms with Gasteiger partial charge >= 0.3 is 0 Å². The maximum absolute atomic E-state index is 12.8. The summed E-state index contributed by atoms with van der Waals surface area (Å²) in [4.78, 5) is 17.0. The molecular weight excluding hydrogens is 418 g/mol. The minimum atomic E-state index is -0.392. The van der Waals surface area contributed by atoms with Crippen molar-refractivity contribution in [3.05, 3.63) is 76.5 Å². The normalized spacial score (nSPS) is 17.2. The predicted octanol–water partition coefficient (Wildman–Crippen LogP) is 5.34. The van der Waals surface area contributed by atoms with Gasteiger partial charge in [-0.05, 0) is 49.7 Å². The Kier molecular flexibility index (Phi) is 5.06. The number of rotatable bonds is 4. The Bertz CT molecular complexity index is 1380. The van der Waals surface area contributed by atoms with E-state index in [1.807, 2.05) is 19.1 Å². The summed E-state index contributed by atoms with van der Waals surface area (Å²) in [6.45, 7) is 6.89. The summed E-state index contributed by atoms with van der Waals surface area (Å²) < 4.78 is 2.27. The van der Waals surface area contributed by atoms with Gasteiger partial charge in [0.25, 0.3) is 5.91 Å². The zero-order valence-electron chi connectivity index (χ0n) is 18.2. The number of para-hydroxylation sites is 1. The maximum atomic E-state index is 12.8. The lowest BCUT2D eigenvalue weighted by Gasteiger charge is -2.20. The van der Waals surface area contributed by atoms with E-state index in [9.17, 15) is 4.79 Å². The van der Waals surface area contributed by atoms with Crippen LogP contribution in [0.2, 0.25) is 0 Å². The van der Waals surface area contributed by atoms with Crippen molar-refractivity contribution < 1.29 is 4.79 Å². The van der Waals surface area contributed by atoms with Gasteiger partial charge in [-0.3, -0.25) is 10.2 Å². The average Bonchev–Trinajstić information content (AvgIpc) is 3.31. The molecule has 2 aliphatic rings. The molecule has 0 fully saturated rings. The minimum Gasteiger partial charge on any atom is -0.340 e. The second kappa shape index (κ2) is 7.91. The van der Waals surface area contributed by atoms with Crippen LogP contribution < -0.4 is 0 Å². The first-order valence-electron chi connectivity index (χ1n) is 10.6. The Labute approximate surface area is 190 Å². The number of aryl methyl sites for hydroxylation is 1. The number of aromatic nitrogens is 1. The highest BCUT2D eigenvalue weighted by Crippen LogP contribution is 2.32. The Morgan fingerprint density at radius 3 is 2.72 bits per heavy atom. The molecule has 160 valence electrons. The molecule has 3 heterocycles. The van der Waals surface area contributed by atoms with Gasteiger partial charge in [-0.1, -0.05) is 55.0 Å². The van der Waals surface area contributed by atoms with Crippen molar-refractivity contribution in [1.82, 2.24) is 9.58 Å². The van der Waals surface area contributed by atoms with Crippen LogP contribution in [0.1, 0.15) is 35.7 Å². The van der Waals surface area contributed by atoms with Crippen LogP contribution in [0.4, 0.5) is 0 Å². The zero-order valence-corrected chi connectivity index (χ0v) is 19.0. The molecule has 7 heteroatoms. The van der Waals surface area contributed by atoms with Gasteiger partial charge in [0.2, 0.25) is 5.17 Å². The van der Waals surface area contributed by atoms with Gasteiger partial charge in [0, 0.05) is 28.7 Å². The van der Waals surface area contributed by atoms with Crippen LogP contribution >= 0.6 is 11.8 Å². The molecule has 1 amide bonds. The number of nitrogens with one attached hydrogen (secondary N) is 1. The van der Waals surface area contributed by atoms with Gasteiger partial charge in [-0.2, -0.15) is 15.1 Å². The number of hydrogen-bond donors (Lipinski definition) is 1. The minimum absolute atomic E-state index is 0.0749. The van der Waals surface area contributed by atoms with Crippen molar-refractivity contribution in [2.75, 3.05) is 0 Å². The summed E-state index contributed by atoms with van der Waals surface area (Å²) in [5, 5.41) is 16.9. The predicted molar refractivity (Wildman–Crippen MR) is 132 cm³/mol. The molecule has 2 aliphatic heterocycles. The molecule has 0 atom stereocenters. The van der Waals surface area contributed by atoms with Gasteiger partial charge in [0.1, 0.15) is 5.04 Å². The van der Waals surface area contributed by atoms with E-state index < -0.39 is 5.91 Å². The molecule has 0 unspecified atom stereocenters. The van der Waals surface area contributed by atoms with Gasteiger partial charge in [0.05, 0.1) is 5.57 Å². The number of aliphatic imine (C=N–C) groups is 1. The molecule has 1 aromatic heterocycles. The van der Waals surface area contributed by atoms with Crippen LogP contribution in [-0.2, 0) is 11.3 Å². The Morgan fingerprint density at radius 2 is 1.94 bits per heavy atom. The summed E-state index contributed by atoms with van der Waals surface area (Å²) >= 11 is 1.36. The fraction of sp³-hybridized carbons (Fsp3) is 0.200. The number of thioether (sulfide) groups is 1. The van der Waals surface area contributed by atoms with E-state index in [4.69, 9.17) is 5.41 Å². The molecule has 2 aromatic carbocycles. The van der Waals surface area contributed by atoms with Crippen molar-refractivity contribution in [2.45, 2.75) is 33.7 Å². The first kappa shape index (κ1) is 20.5. The standard InChI is InChI=1S/C25H23N5OS/c1-4-22-28-30-23(26)20(24(31)27-25(30)32-22)13-19-16(3)29(21-11-6-5-10-18(19)21)14-17-9-7-8-15(2)12-17/h5-13,26H,4,14H2,1-3H3. The van der Waals surface area contributed by atoms with E-state index in [0.29, 0.717) is 5.17 Å². The summed E-state index contributed by atoms with van der Waals surface area (Å²) in [6, 6.07) is 16.7. The Hall–Kier alpha value is -3.45. The first-order valence-corrected chi connectivity index (χ1v) is 11.4. The largest absolute Gasteiger partial charge is 0.340 e. The number of benzene rings is 2. The molecular formula is C25H23N5OS. The average molecular weight is 442 g/mol. The number of amidine groups is 2. The van der Waals surface area contributed by atoms with Crippen LogP contribution in [0.5, 0.6) is 0 Å². The summed E-state index contributed by atoms with van der Waals surface area (Å²) in [5.41, 5.74) is 5.79. The zero-order chi connectivity index (χ0) is 22.4. The third kappa shape index (κ3) is 3.39. The second-order valence-electron chi connectivity index (χ2n) is 7.96. The third-order valence-electron chi connectivity index (χ3n) is 5.79. The summed E-state index contributed by atoms with van der Waals surface area (Å²) in [7, 11) is 0. The van der Waals surface area contributed by atoms with E-state index in [-0.39, 0.29) is 11.4 Å². The van der Waals surface area contributed by atoms with Crippen molar-refractivity contribution in [1.29, 1.82) is 5.41 Å². The number of hydrazone groups is 1. The Morgan fingerprint density at radius 1 is 1.12 bits per heavy atom. The molecule has 0 spiro atoms. The van der Waals surface area contributed by atoms with E-state index >= 15 is 0 Å². The van der Waals surface area contributed by atoms with Crippen LogP contribution in [0.3, 0.4) is 0 Å². The molecule has 0 aliphatic carbocycles. The van der Waals surface area contributed by atoms with Crippen LogP contribution in [-0.4, -0.2) is 31.5 Å². The molecule has 0 bridgehead atoms. The van der Waals surface area contributed by atoms with Crippen molar-refractivity contribution in [2.24, 2.45) is 10.1 Å². The van der Waals surface area contributed by atoms with Gasteiger partial charge in [-0.25, -0.2) is 0 Å². The quantitative estimate of drug-likeness (QED) is 0.556. The van der Waals surface area contributed by atoms with Crippen molar-refractivity contribution in [3.8, 4) is 0 Å². The topological polar surface area (TPSA) is 73.8 Å². The highest BCUT2D eigenvalue weighted by molar-refractivity contribution is 8.26. The molecule has 0 saturated carbocycles.